The van der Waals surface area contributed by atoms with Crippen molar-refractivity contribution in [2.75, 3.05) is 33.3 Å². The Morgan fingerprint density at radius 3 is 2.65 bits per heavy atom. The van der Waals surface area contributed by atoms with Gasteiger partial charge < -0.3 is 19.5 Å². The topological polar surface area (TPSA) is 62.9 Å². The fourth-order valence-corrected chi connectivity index (χ4v) is 2.67. The van der Waals surface area contributed by atoms with E-state index in [0.717, 1.165) is 48.2 Å². The molecule has 0 unspecified atom stereocenters. The highest BCUT2D eigenvalue weighted by Crippen LogP contribution is 2.15. The van der Waals surface area contributed by atoms with Gasteiger partial charge in [-0.1, -0.05) is 16.8 Å². The number of nitrogens with zero attached hydrogens (tertiary/aromatic N) is 3. The zero-order chi connectivity index (χ0) is 18.9. The van der Waals surface area contributed by atoms with Gasteiger partial charge in [-0.05, 0) is 51.5 Å². The summed E-state index contributed by atoms with van der Waals surface area (Å²) in [6, 6.07) is 7.37. The van der Waals surface area contributed by atoms with E-state index in [4.69, 9.17) is 25.9 Å². The largest absolute Gasteiger partial charge is 0.492 e. The first-order chi connectivity index (χ1) is 12.5. The van der Waals surface area contributed by atoms with Crippen LogP contribution in [0.3, 0.4) is 0 Å². The number of hydrogen-bond donors (Lipinski definition) is 1. The van der Waals surface area contributed by atoms with E-state index in [1.165, 1.54) is 0 Å². The summed E-state index contributed by atoms with van der Waals surface area (Å²) in [5.74, 6) is 2.54. The monoisotopic (exact) mass is 378 g/mol. The van der Waals surface area contributed by atoms with E-state index in [2.05, 4.69) is 22.3 Å². The molecule has 0 saturated carbocycles. The van der Waals surface area contributed by atoms with Gasteiger partial charge in [0, 0.05) is 30.7 Å². The third kappa shape index (κ3) is 5.95. The first kappa shape index (κ1) is 20.1. The van der Waals surface area contributed by atoms with Gasteiger partial charge in [-0.15, -0.1) is 0 Å². The third-order valence-electron chi connectivity index (χ3n) is 4.01. The standard InChI is InChI=1S/C19H27ClN4O2/c1-5-21-19(22-11-10-18-14(2)23-26-15(18)3)24(4)12-13-25-17-8-6-16(20)7-9-17/h6-9H,5,10-13H2,1-4H3,(H,21,22). The van der Waals surface area contributed by atoms with Crippen LogP contribution >= 0.6 is 11.6 Å². The molecule has 142 valence electrons. The van der Waals surface area contributed by atoms with E-state index < -0.39 is 0 Å². The number of aliphatic imine (C=N–C) groups is 1. The number of guanidine groups is 1. The summed E-state index contributed by atoms with van der Waals surface area (Å²) >= 11 is 5.88. The second kappa shape index (κ2) is 10.1. The highest BCUT2D eigenvalue weighted by atomic mass is 35.5. The smallest absolute Gasteiger partial charge is 0.193 e. The number of aryl methyl sites for hydroxylation is 2. The molecule has 1 N–H and O–H groups in total. The summed E-state index contributed by atoms with van der Waals surface area (Å²) in [7, 11) is 2.00. The Bertz CT molecular complexity index is 693. The molecule has 0 radical (unpaired) electrons. The maximum atomic E-state index is 5.88. The van der Waals surface area contributed by atoms with Crippen LogP contribution in [0.5, 0.6) is 5.75 Å². The minimum atomic E-state index is 0.562. The molecule has 0 aliphatic rings. The molecule has 0 spiro atoms. The molecule has 0 bridgehead atoms. The average molecular weight is 379 g/mol. The molecule has 0 aliphatic carbocycles. The number of rotatable bonds is 8. The summed E-state index contributed by atoms with van der Waals surface area (Å²) < 4.78 is 11.0. The lowest BCUT2D eigenvalue weighted by molar-refractivity contribution is 0.281. The van der Waals surface area contributed by atoms with Crippen LogP contribution in [-0.4, -0.2) is 49.3 Å². The Labute approximate surface area is 160 Å². The average Bonchev–Trinajstić information content (AvgIpc) is 2.94. The van der Waals surface area contributed by atoms with Crippen molar-refractivity contribution >= 4 is 17.6 Å². The minimum absolute atomic E-state index is 0.562. The molecule has 26 heavy (non-hydrogen) atoms. The van der Waals surface area contributed by atoms with E-state index >= 15 is 0 Å². The van der Waals surface area contributed by atoms with Crippen LogP contribution in [-0.2, 0) is 6.42 Å². The second-order valence-electron chi connectivity index (χ2n) is 6.01. The zero-order valence-electron chi connectivity index (χ0n) is 15.9. The Balaban J connectivity index is 1.85. The van der Waals surface area contributed by atoms with E-state index in [-0.39, 0.29) is 0 Å². The van der Waals surface area contributed by atoms with Crippen LogP contribution in [0.2, 0.25) is 5.02 Å². The van der Waals surface area contributed by atoms with E-state index in [1.807, 2.05) is 45.2 Å². The SMILES string of the molecule is CCNC(=NCCc1c(C)noc1C)N(C)CCOc1ccc(Cl)cc1. The van der Waals surface area contributed by atoms with Crippen molar-refractivity contribution in [3.8, 4) is 5.75 Å². The van der Waals surface area contributed by atoms with Crippen LogP contribution in [0.25, 0.3) is 0 Å². The Morgan fingerprint density at radius 1 is 1.31 bits per heavy atom. The number of likely N-dealkylation sites (N-methyl/N-ethyl adjacent to an activating group) is 1. The van der Waals surface area contributed by atoms with Crippen molar-refractivity contribution < 1.29 is 9.26 Å². The van der Waals surface area contributed by atoms with Gasteiger partial charge in [0.15, 0.2) is 5.96 Å². The van der Waals surface area contributed by atoms with Crippen LogP contribution < -0.4 is 10.1 Å². The van der Waals surface area contributed by atoms with Gasteiger partial charge in [0.05, 0.1) is 12.2 Å². The number of benzene rings is 1. The number of ether oxygens (including phenoxy) is 1. The molecule has 0 saturated heterocycles. The summed E-state index contributed by atoms with van der Waals surface area (Å²) in [6.07, 6.45) is 0.811. The van der Waals surface area contributed by atoms with Gasteiger partial charge in [-0.25, -0.2) is 0 Å². The summed E-state index contributed by atoms with van der Waals surface area (Å²) in [6.45, 7) is 8.72. The molecule has 6 nitrogen and oxygen atoms in total. The number of nitrogens with one attached hydrogen (secondary N) is 1. The Kier molecular flexibility index (Phi) is 7.78. The van der Waals surface area contributed by atoms with Crippen molar-refractivity contribution in [1.82, 2.24) is 15.4 Å². The number of aromatic nitrogens is 1. The molecule has 7 heteroatoms. The van der Waals surface area contributed by atoms with E-state index in [1.54, 1.807) is 0 Å². The lowest BCUT2D eigenvalue weighted by Gasteiger charge is -2.22. The Morgan fingerprint density at radius 2 is 2.04 bits per heavy atom. The quantitative estimate of drug-likeness (QED) is 0.563. The molecule has 1 heterocycles. The fraction of sp³-hybridized carbons (Fsp3) is 0.474. The molecule has 1 aromatic carbocycles. The minimum Gasteiger partial charge on any atom is -0.492 e. The summed E-state index contributed by atoms with van der Waals surface area (Å²) in [5.41, 5.74) is 2.07. The normalized spacial score (nSPS) is 11.5. The molecule has 0 aliphatic heterocycles. The molecular formula is C19H27ClN4O2. The van der Waals surface area contributed by atoms with Crippen molar-refractivity contribution in [3.05, 3.63) is 46.3 Å². The maximum absolute atomic E-state index is 5.88. The van der Waals surface area contributed by atoms with Crippen molar-refractivity contribution in [1.29, 1.82) is 0 Å². The molecule has 2 rings (SSSR count). The van der Waals surface area contributed by atoms with Crippen LogP contribution in [0, 0.1) is 13.8 Å². The molecule has 0 amide bonds. The molecule has 1 aromatic heterocycles. The zero-order valence-corrected chi connectivity index (χ0v) is 16.6. The van der Waals surface area contributed by atoms with E-state index in [9.17, 15) is 0 Å². The fourth-order valence-electron chi connectivity index (χ4n) is 2.54. The highest BCUT2D eigenvalue weighted by molar-refractivity contribution is 6.30. The summed E-state index contributed by atoms with van der Waals surface area (Å²) in [4.78, 5) is 6.76. The molecule has 2 aromatic rings. The lowest BCUT2D eigenvalue weighted by Crippen LogP contribution is -2.41. The van der Waals surface area contributed by atoms with Gasteiger partial charge in [0.1, 0.15) is 18.1 Å². The highest BCUT2D eigenvalue weighted by Gasteiger charge is 2.09. The summed E-state index contributed by atoms with van der Waals surface area (Å²) in [5, 5.41) is 8.00. The van der Waals surface area contributed by atoms with Crippen LogP contribution in [0.1, 0.15) is 23.9 Å². The number of halogens is 1. The van der Waals surface area contributed by atoms with Gasteiger partial charge in [0.25, 0.3) is 0 Å². The predicted octanol–water partition coefficient (Wildman–Crippen LogP) is 3.46. The van der Waals surface area contributed by atoms with E-state index in [0.29, 0.717) is 18.2 Å². The van der Waals surface area contributed by atoms with Crippen molar-refractivity contribution in [3.63, 3.8) is 0 Å². The van der Waals surface area contributed by atoms with Gasteiger partial charge in [-0.3, -0.25) is 4.99 Å². The van der Waals surface area contributed by atoms with Crippen LogP contribution in [0.4, 0.5) is 0 Å². The van der Waals surface area contributed by atoms with Gasteiger partial charge in [-0.2, -0.15) is 0 Å². The van der Waals surface area contributed by atoms with Gasteiger partial charge in [0.2, 0.25) is 0 Å². The first-order valence-corrected chi connectivity index (χ1v) is 9.18. The first-order valence-electron chi connectivity index (χ1n) is 8.80. The molecule has 0 fully saturated rings. The molecular weight excluding hydrogens is 352 g/mol. The number of hydrogen-bond acceptors (Lipinski definition) is 4. The third-order valence-corrected chi connectivity index (χ3v) is 4.26. The second-order valence-corrected chi connectivity index (χ2v) is 6.45. The Hall–Kier alpha value is -2.21. The van der Waals surface area contributed by atoms with Crippen molar-refractivity contribution in [2.24, 2.45) is 4.99 Å². The predicted molar refractivity (Wildman–Crippen MR) is 105 cm³/mol. The van der Waals surface area contributed by atoms with Gasteiger partial charge >= 0.3 is 0 Å². The lowest BCUT2D eigenvalue weighted by atomic mass is 10.1. The van der Waals surface area contributed by atoms with Crippen LogP contribution in [0.15, 0.2) is 33.8 Å². The maximum Gasteiger partial charge on any atom is 0.193 e. The van der Waals surface area contributed by atoms with Crippen molar-refractivity contribution in [2.45, 2.75) is 27.2 Å². The molecule has 0 atom stereocenters.